The molecule has 2 aromatic carbocycles. The van der Waals surface area contributed by atoms with Crippen molar-refractivity contribution in [2.45, 2.75) is 5.75 Å². The Morgan fingerprint density at radius 1 is 1.22 bits per heavy atom. The van der Waals surface area contributed by atoms with Crippen LogP contribution in [0.15, 0.2) is 48.5 Å². The molecule has 0 saturated heterocycles. The van der Waals surface area contributed by atoms with Crippen molar-refractivity contribution in [1.29, 1.82) is 0 Å². The molecule has 140 valence electrons. The number of ketones is 1. The number of hydrogen-bond acceptors (Lipinski definition) is 7. The maximum Gasteiger partial charge on any atom is 0.270 e. The highest BCUT2D eigenvalue weighted by molar-refractivity contribution is 7.99. The minimum Gasteiger partial charge on any atom is -0.549 e. The van der Waals surface area contributed by atoms with E-state index in [0.29, 0.717) is 28.2 Å². The van der Waals surface area contributed by atoms with Gasteiger partial charge in [0.15, 0.2) is 5.78 Å². The molecule has 0 spiro atoms. The molecule has 2 rings (SSSR count). The monoisotopic (exact) mass is 386 g/mol. The number of nitro benzene ring substituents is 1. The number of hydrogen-bond donors (Lipinski definition) is 0. The summed E-state index contributed by atoms with van der Waals surface area (Å²) in [6, 6.07) is 10.8. The van der Waals surface area contributed by atoms with E-state index in [1.165, 1.54) is 31.4 Å². The fraction of sp³-hybridized carbons (Fsp3) is 0.158. The second kappa shape index (κ2) is 9.54. The molecule has 27 heavy (non-hydrogen) atoms. The summed E-state index contributed by atoms with van der Waals surface area (Å²) in [5, 5.41) is 21.3. The molecule has 0 heterocycles. The smallest absolute Gasteiger partial charge is 0.270 e. The number of nitro groups is 1. The van der Waals surface area contributed by atoms with Gasteiger partial charge in [-0.15, -0.1) is 0 Å². The van der Waals surface area contributed by atoms with Gasteiger partial charge in [0.25, 0.3) is 5.69 Å². The average molecular weight is 386 g/mol. The summed E-state index contributed by atoms with van der Waals surface area (Å²) >= 11 is 1.14. The van der Waals surface area contributed by atoms with Gasteiger partial charge in [-0.2, -0.15) is 11.8 Å². The summed E-state index contributed by atoms with van der Waals surface area (Å²) in [6.07, 6.45) is 2.84. The molecule has 0 radical (unpaired) electrons. The zero-order chi connectivity index (χ0) is 19.8. The number of rotatable bonds is 9. The largest absolute Gasteiger partial charge is 0.549 e. The highest BCUT2D eigenvalue weighted by atomic mass is 32.2. The van der Waals surface area contributed by atoms with Crippen molar-refractivity contribution >= 4 is 35.3 Å². The molecule has 2 aromatic rings. The second-order valence-electron chi connectivity index (χ2n) is 5.44. The van der Waals surface area contributed by atoms with Crippen LogP contribution in [-0.2, 0) is 10.5 Å². The highest BCUT2D eigenvalue weighted by Crippen LogP contribution is 2.25. The number of carbonyl (C=O) groups is 2. The average Bonchev–Trinajstić information content (AvgIpc) is 2.66. The third-order valence-electron chi connectivity index (χ3n) is 3.55. The Kier molecular flexibility index (Phi) is 7.13. The first-order chi connectivity index (χ1) is 12.9. The number of aliphatic carboxylic acids is 1. The van der Waals surface area contributed by atoms with Crippen LogP contribution in [0.1, 0.15) is 21.5 Å². The molecule has 0 amide bonds. The third-order valence-corrected chi connectivity index (χ3v) is 4.51. The lowest BCUT2D eigenvalue weighted by Crippen LogP contribution is -2.24. The number of nitrogens with zero attached hydrogens (tertiary/aromatic N) is 1. The Balaban J connectivity index is 2.16. The summed E-state index contributed by atoms with van der Waals surface area (Å²) in [5.41, 5.74) is 1.58. The summed E-state index contributed by atoms with van der Waals surface area (Å²) in [4.78, 5) is 33.2. The molecule has 0 N–H and O–H groups in total. The topological polar surface area (TPSA) is 110 Å². The first kappa shape index (κ1) is 20.2. The zero-order valence-corrected chi connectivity index (χ0v) is 15.2. The first-order valence-electron chi connectivity index (χ1n) is 7.82. The fourth-order valence-electron chi connectivity index (χ4n) is 2.30. The van der Waals surface area contributed by atoms with E-state index in [1.54, 1.807) is 30.3 Å². The van der Waals surface area contributed by atoms with Gasteiger partial charge >= 0.3 is 0 Å². The van der Waals surface area contributed by atoms with Crippen LogP contribution in [0, 0.1) is 10.1 Å². The zero-order valence-electron chi connectivity index (χ0n) is 14.4. The Morgan fingerprint density at radius 2 is 2.00 bits per heavy atom. The molecule has 0 bridgehead atoms. The van der Waals surface area contributed by atoms with Crippen LogP contribution in [0.3, 0.4) is 0 Å². The number of non-ortho nitro benzene ring substituents is 1. The maximum absolute atomic E-state index is 12.4. The lowest BCUT2D eigenvalue weighted by Gasteiger charge is -2.10. The quantitative estimate of drug-likeness (QED) is 0.282. The van der Waals surface area contributed by atoms with E-state index in [1.807, 2.05) is 0 Å². The van der Waals surface area contributed by atoms with Crippen molar-refractivity contribution in [2.75, 3.05) is 12.9 Å². The predicted molar refractivity (Wildman–Crippen MR) is 101 cm³/mol. The molecule has 0 aliphatic heterocycles. The lowest BCUT2D eigenvalue weighted by molar-refractivity contribution is -0.384. The van der Waals surface area contributed by atoms with E-state index in [4.69, 9.17) is 4.74 Å². The van der Waals surface area contributed by atoms with Crippen LogP contribution in [-0.4, -0.2) is 29.5 Å². The minimum atomic E-state index is -1.16. The van der Waals surface area contributed by atoms with Gasteiger partial charge in [0.2, 0.25) is 0 Å². The van der Waals surface area contributed by atoms with Crippen molar-refractivity contribution in [3.05, 3.63) is 75.3 Å². The molecule has 0 unspecified atom stereocenters. The van der Waals surface area contributed by atoms with Gasteiger partial charge in [-0.1, -0.05) is 18.2 Å². The van der Waals surface area contributed by atoms with Gasteiger partial charge in [-0.05, 0) is 29.8 Å². The van der Waals surface area contributed by atoms with E-state index in [2.05, 4.69) is 0 Å². The Morgan fingerprint density at radius 3 is 2.67 bits per heavy atom. The third kappa shape index (κ3) is 5.96. The van der Waals surface area contributed by atoms with Gasteiger partial charge in [0.05, 0.1) is 18.0 Å². The molecular formula is C19H16NO6S-. The first-order valence-corrected chi connectivity index (χ1v) is 8.97. The van der Waals surface area contributed by atoms with Crippen LogP contribution < -0.4 is 9.84 Å². The van der Waals surface area contributed by atoms with Gasteiger partial charge in [0, 0.05) is 34.8 Å². The number of benzene rings is 2. The molecule has 0 aliphatic carbocycles. The summed E-state index contributed by atoms with van der Waals surface area (Å²) < 4.78 is 5.23. The van der Waals surface area contributed by atoms with Gasteiger partial charge < -0.3 is 14.6 Å². The summed E-state index contributed by atoms with van der Waals surface area (Å²) in [5.74, 6) is -0.692. The number of carbonyl (C=O) groups excluding carboxylic acids is 2. The lowest BCUT2D eigenvalue weighted by atomic mass is 10.1. The second-order valence-corrected chi connectivity index (χ2v) is 6.43. The number of carboxylic acids is 1. The van der Waals surface area contributed by atoms with Crippen molar-refractivity contribution in [2.24, 2.45) is 0 Å². The van der Waals surface area contributed by atoms with Crippen LogP contribution in [0.25, 0.3) is 6.08 Å². The van der Waals surface area contributed by atoms with E-state index in [-0.39, 0.29) is 17.2 Å². The minimum absolute atomic E-state index is 0.0544. The van der Waals surface area contributed by atoms with Crippen molar-refractivity contribution in [3.63, 3.8) is 0 Å². The SMILES string of the molecule is COc1ccc(C(=O)/C=C/c2cccc([N+](=O)[O-])c2)cc1CSCC(=O)[O-]. The van der Waals surface area contributed by atoms with E-state index in [9.17, 15) is 24.8 Å². The molecule has 8 heteroatoms. The number of thioether (sulfide) groups is 1. The molecule has 0 atom stereocenters. The molecule has 0 aromatic heterocycles. The number of allylic oxidation sites excluding steroid dienone is 1. The standard InChI is InChI=1S/C19H17NO6S/c1-26-18-8-6-14(10-15(18)11-27-12-19(22)23)17(21)7-5-13-3-2-4-16(9-13)20(24)25/h2-10H,11-12H2,1H3,(H,22,23)/p-1/b7-5+. The van der Waals surface area contributed by atoms with Crippen molar-refractivity contribution in [1.82, 2.24) is 0 Å². The van der Waals surface area contributed by atoms with Crippen LogP contribution >= 0.6 is 11.8 Å². The van der Waals surface area contributed by atoms with Crippen molar-refractivity contribution in [3.8, 4) is 5.75 Å². The Labute approximate surface area is 159 Å². The molecule has 0 fully saturated rings. The molecule has 0 saturated carbocycles. The number of carboxylic acid groups (broad SMARTS) is 1. The van der Waals surface area contributed by atoms with Gasteiger partial charge in [-0.25, -0.2) is 0 Å². The number of ether oxygens (including phenoxy) is 1. The molecule has 7 nitrogen and oxygen atoms in total. The van der Waals surface area contributed by atoms with Crippen LogP contribution in [0.2, 0.25) is 0 Å². The van der Waals surface area contributed by atoms with Crippen molar-refractivity contribution < 1.29 is 24.4 Å². The van der Waals surface area contributed by atoms with E-state index >= 15 is 0 Å². The summed E-state index contributed by atoms with van der Waals surface area (Å²) in [6.45, 7) is 0. The maximum atomic E-state index is 12.4. The normalized spacial score (nSPS) is 10.7. The molecule has 0 aliphatic rings. The Bertz CT molecular complexity index is 894. The van der Waals surface area contributed by atoms with Gasteiger partial charge in [-0.3, -0.25) is 14.9 Å². The highest BCUT2D eigenvalue weighted by Gasteiger charge is 2.09. The van der Waals surface area contributed by atoms with E-state index in [0.717, 1.165) is 11.8 Å². The molecular weight excluding hydrogens is 370 g/mol. The Hall–Kier alpha value is -3.13. The summed E-state index contributed by atoms with van der Waals surface area (Å²) in [7, 11) is 1.49. The fourth-order valence-corrected chi connectivity index (χ4v) is 3.01. The van der Waals surface area contributed by atoms with E-state index < -0.39 is 10.9 Å². The van der Waals surface area contributed by atoms with Crippen LogP contribution in [0.4, 0.5) is 5.69 Å². The van der Waals surface area contributed by atoms with Gasteiger partial charge in [0.1, 0.15) is 5.75 Å². The number of methoxy groups -OCH3 is 1. The van der Waals surface area contributed by atoms with Crippen LogP contribution in [0.5, 0.6) is 5.75 Å². The predicted octanol–water partition coefficient (Wildman–Crippen LogP) is 2.48.